The summed E-state index contributed by atoms with van der Waals surface area (Å²) in [5.74, 6) is -0.106. The van der Waals surface area contributed by atoms with Gasteiger partial charge in [-0.25, -0.2) is 9.37 Å². The number of hydrogen-bond acceptors (Lipinski definition) is 6. The minimum Gasteiger partial charge on any atom is -0.353 e. The predicted molar refractivity (Wildman–Crippen MR) is 113 cm³/mol. The molecule has 1 aliphatic carbocycles. The quantitative estimate of drug-likeness (QED) is 0.677. The summed E-state index contributed by atoms with van der Waals surface area (Å²) in [6.45, 7) is 1.73. The Hall–Kier alpha value is -2.81. The van der Waals surface area contributed by atoms with Crippen molar-refractivity contribution in [2.45, 2.75) is 38.3 Å². The number of carbonyl (C=O) groups is 1. The summed E-state index contributed by atoms with van der Waals surface area (Å²) in [6, 6.07) is 6.59. The van der Waals surface area contributed by atoms with Crippen molar-refractivity contribution in [3.8, 4) is 0 Å². The van der Waals surface area contributed by atoms with Crippen LogP contribution in [-0.4, -0.2) is 39.6 Å². The summed E-state index contributed by atoms with van der Waals surface area (Å²) in [5, 5.41) is 3.85. The van der Waals surface area contributed by atoms with E-state index in [1.165, 1.54) is 34.4 Å². The lowest BCUT2D eigenvalue weighted by Gasteiger charge is -2.30. The molecule has 30 heavy (non-hydrogen) atoms. The summed E-state index contributed by atoms with van der Waals surface area (Å²) in [5.41, 5.74) is 0.963. The second-order valence-electron chi connectivity index (χ2n) is 8.00. The lowest BCUT2D eigenvalue weighted by Crippen LogP contribution is -2.41. The van der Waals surface area contributed by atoms with Crippen LogP contribution in [0.15, 0.2) is 35.4 Å². The van der Waals surface area contributed by atoms with Gasteiger partial charge in [0, 0.05) is 25.0 Å². The molecule has 0 radical (unpaired) electrons. The smallest absolute Gasteiger partial charge is 0.273 e. The zero-order valence-corrected chi connectivity index (χ0v) is 17.2. The van der Waals surface area contributed by atoms with E-state index in [0.717, 1.165) is 43.9 Å². The van der Waals surface area contributed by atoms with Gasteiger partial charge in [0.05, 0.1) is 6.54 Å². The maximum atomic E-state index is 13.4. The molecule has 0 unspecified atom stereocenters. The third-order valence-electron chi connectivity index (χ3n) is 5.67. The number of piperidine rings is 1. The minimum atomic E-state index is -0.330. The maximum absolute atomic E-state index is 13.4. The molecule has 1 amide bonds. The van der Waals surface area contributed by atoms with E-state index in [-0.39, 0.29) is 29.7 Å². The fourth-order valence-corrected chi connectivity index (χ4v) is 4.82. The summed E-state index contributed by atoms with van der Waals surface area (Å²) >= 11 is 1.33. The van der Waals surface area contributed by atoms with Crippen LogP contribution in [0, 0.1) is 11.7 Å². The Morgan fingerprint density at radius 1 is 1.23 bits per heavy atom. The fourth-order valence-electron chi connectivity index (χ4n) is 3.79. The Morgan fingerprint density at radius 2 is 2.03 bits per heavy atom. The number of rotatable bonds is 5. The number of hydrogen-bond donors (Lipinski definition) is 1. The highest BCUT2D eigenvalue weighted by atomic mass is 32.1. The van der Waals surface area contributed by atoms with E-state index in [1.807, 2.05) is 0 Å². The van der Waals surface area contributed by atoms with Crippen molar-refractivity contribution in [1.82, 2.24) is 19.9 Å². The topological polar surface area (TPSA) is 80.1 Å². The molecule has 1 saturated heterocycles. The first-order valence-electron chi connectivity index (χ1n) is 10.2. The Labute approximate surface area is 176 Å². The van der Waals surface area contributed by atoms with Crippen LogP contribution in [0.3, 0.4) is 0 Å². The molecule has 3 heterocycles. The van der Waals surface area contributed by atoms with Gasteiger partial charge in [0.2, 0.25) is 5.91 Å². The molecule has 0 spiro atoms. The number of carbonyl (C=O) groups excluding carboxylic acids is 1. The van der Waals surface area contributed by atoms with Crippen LogP contribution in [0.5, 0.6) is 0 Å². The predicted octanol–water partition coefficient (Wildman–Crippen LogP) is 2.54. The number of halogens is 1. The van der Waals surface area contributed by atoms with Gasteiger partial charge in [-0.05, 0) is 43.4 Å². The van der Waals surface area contributed by atoms with Crippen molar-refractivity contribution in [1.29, 1.82) is 0 Å². The summed E-state index contributed by atoms with van der Waals surface area (Å²) < 4.78 is 15.4. The first kappa shape index (κ1) is 19.2. The number of amides is 1. The van der Waals surface area contributed by atoms with Crippen molar-refractivity contribution in [3.05, 3.63) is 52.3 Å². The summed E-state index contributed by atoms with van der Waals surface area (Å²) in [7, 11) is 0. The molecule has 156 valence electrons. The van der Waals surface area contributed by atoms with Crippen molar-refractivity contribution >= 4 is 32.7 Å². The molecule has 1 saturated carbocycles. The first-order valence-corrected chi connectivity index (χ1v) is 11.0. The van der Waals surface area contributed by atoms with Gasteiger partial charge in [-0.1, -0.05) is 23.5 Å². The zero-order valence-electron chi connectivity index (χ0n) is 16.4. The lowest BCUT2D eigenvalue weighted by molar-refractivity contribution is -0.125. The van der Waals surface area contributed by atoms with E-state index in [4.69, 9.17) is 0 Å². The average molecular weight is 428 g/mol. The number of benzene rings is 1. The maximum Gasteiger partial charge on any atom is 0.273 e. The van der Waals surface area contributed by atoms with Crippen LogP contribution in [0.1, 0.15) is 31.2 Å². The lowest BCUT2D eigenvalue weighted by atomic mass is 9.96. The molecule has 9 heteroatoms. The van der Waals surface area contributed by atoms with Crippen LogP contribution in [0.4, 0.5) is 9.52 Å². The molecule has 2 fully saturated rings. The van der Waals surface area contributed by atoms with Crippen molar-refractivity contribution in [2.24, 2.45) is 5.92 Å². The minimum absolute atomic E-state index is 0.0536. The SMILES string of the molecule is O=C(NC1CC1)C1CCN(c2nc3ncn(Cc4cccc(F)c4)c(=O)c3s2)CC1. The molecule has 0 atom stereocenters. The van der Waals surface area contributed by atoms with E-state index in [1.54, 1.807) is 12.1 Å². The van der Waals surface area contributed by atoms with Gasteiger partial charge in [0.1, 0.15) is 16.8 Å². The van der Waals surface area contributed by atoms with Crippen LogP contribution < -0.4 is 15.8 Å². The Bertz CT molecular complexity index is 1150. The molecule has 5 rings (SSSR count). The second kappa shape index (κ2) is 7.79. The van der Waals surface area contributed by atoms with Gasteiger partial charge in [-0.2, -0.15) is 4.98 Å². The molecule has 1 aliphatic heterocycles. The third kappa shape index (κ3) is 3.94. The van der Waals surface area contributed by atoms with Gasteiger partial charge < -0.3 is 10.2 Å². The Balaban J connectivity index is 1.31. The molecular formula is C21H22FN5O2S. The molecule has 1 N–H and O–H groups in total. The first-order chi connectivity index (χ1) is 14.6. The van der Waals surface area contributed by atoms with Crippen LogP contribution in [-0.2, 0) is 11.3 Å². The average Bonchev–Trinajstić information content (AvgIpc) is 3.45. The van der Waals surface area contributed by atoms with E-state index >= 15 is 0 Å². The van der Waals surface area contributed by atoms with E-state index in [2.05, 4.69) is 20.2 Å². The number of nitrogens with zero attached hydrogens (tertiary/aromatic N) is 4. The van der Waals surface area contributed by atoms with Crippen molar-refractivity contribution in [3.63, 3.8) is 0 Å². The molecule has 1 aromatic carbocycles. The molecule has 7 nitrogen and oxygen atoms in total. The molecular weight excluding hydrogens is 405 g/mol. The highest BCUT2D eigenvalue weighted by Gasteiger charge is 2.30. The second-order valence-corrected chi connectivity index (χ2v) is 8.98. The summed E-state index contributed by atoms with van der Waals surface area (Å²) in [4.78, 5) is 36.2. The molecule has 3 aromatic rings. The number of fused-ring (bicyclic) bond motifs is 1. The Morgan fingerprint density at radius 3 is 2.77 bits per heavy atom. The zero-order chi connectivity index (χ0) is 20.7. The number of aromatic nitrogens is 3. The monoisotopic (exact) mass is 427 g/mol. The number of nitrogens with one attached hydrogen (secondary N) is 1. The fraction of sp³-hybridized carbons (Fsp3) is 0.429. The van der Waals surface area contributed by atoms with Crippen LogP contribution in [0.25, 0.3) is 10.3 Å². The van der Waals surface area contributed by atoms with Gasteiger partial charge in [0.25, 0.3) is 5.56 Å². The highest BCUT2D eigenvalue weighted by molar-refractivity contribution is 7.22. The number of thiazole rings is 1. The summed E-state index contributed by atoms with van der Waals surface area (Å²) in [6.07, 6.45) is 5.23. The van der Waals surface area contributed by atoms with Gasteiger partial charge in [-0.3, -0.25) is 14.2 Å². The van der Waals surface area contributed by atoms with E-state index in [9.17, 15) is 14.0 Å². The van der Waals surface area contributed by atoms with Gasteiger partial charge >= 0.3 is 0 Å². The number of anilines is 1. The normalized spacial score (nSPS) is 17.4. The standard InChI is InChI=1S/C21H22FN5O2S/c22-15-3-1-2-13(10-15)11-27-12-23-18-17(20(27)29)30-21(25-18)26-8-6-14(7-9-26)19(28)24-16-4-5-16/h1-3,10,12,14,16H,4-9,11H2,(H,24,28). The van der Waals surface area contributed by atoms with Crippen molar-refractivity contribution in [2.75, 3.05) is 18.0 Å². The van der Waals surface area contributed by atoms with E-state index in [0.29, 0.717) is 22.0 Å². The molecule has 2 aliphatic rings. The largest absolute Gasteiger partial charge is 0.353 e. The van der Waals surface area contributed by atoms with Gasteiger partial charge in [-0.15, -0.1) is 0 Å². The molecule has 2 aromatic heterocycles. The highest BCUT2D eigenvalue weighted by Crippen LogP contribution is 2.30. The van der Waals surface area contributed by atoms with Crippen LogP contribution in [0.2, 0.25) is 0 Å². The third-order valence-corrected chi connectivity index (χ3v) is 6.77. The van der Waals surface area contributed by atoms with E-state index < -0.39 is 0 Å². The van der Waals surface area contributed by atoms with Crippen LogP contribution >= 0.6 is 11.3 Å². The molecule has 0 bridgehead atoms. The van der Waals surface area contributed by atoms with Crippen molar-refractivity contribution < 1.29 is 9.18 Å². The van der Waals surface area contributed by atoms with Gasteiger partial charge in [0.15, 0.2) is 10.8 Å². The Kier molecular flexibility index (Phi) is 4.98.